The van der Waals surface area contributed by atoms with Gasteiger partial charge in [-0.3, -0.25) is 4.79 Å². The van der Waals surface area contributed by atoms with Gasteiger partial charge < -0.3 is 14.2 Å². The van der Waals surface area contributed by atoms with Crippen LogP contribution >= 0.6 is 0 Å². The minimum absolute atomic E-state index is 0.0558. The molecule has 5 nitrogen and oxygen atoms in total. The highest BCUT2D eigenvalue weighted by atomic mass is 19.4. The Kier molecular flexibility index (Phi) is 4.54. The highest BCUT2D eigenvalue weighted by Crippen LogP contribution is 2.33. The molecular formula is C18H10F3NO4. The van der Waals surface area contributed by atoms with Crippen LogP contribution in [0.3, 0.4) is 0 Å². The van der Waals surface area contributed by atoms with E-state index in [-0.39, 0.29) is 17.9 Å². The molecule has 0 saturated carbocycles. The number of allylic oxidation sites excluding steroid dienone is 1. The standard InChI is InChI=1S/C18H10F3NO4/c19-18(20,21)26-14-4-1-11(2-5-14)7-13(9-22)17(23)12-3-6-15-16(8-12)25-10-24-15/h1-8H,10H2/b13-7-. The van der Waals surface area contributed by atoms with E-state index in [1.54, 1.807) is 12.1 Å². The van der Waals surface area contributed by atoms with E-state index in [0.717, 1.165) is 12.1 Å². The van der Waals surface area contributed by atoms with Crippen LogP contribution in [0.5, 0.6) is 17.2 Å². The summed E-state index contributed by atoms with van der Waals surface area (Å²) in [5.74, 6) is -0.0252. The van der Waals surface area contributed by atoms with Crippen molar-refractivity contribution in [1.82, 2.24) is 0 Å². The van der Waals surface area contributed by atoms with Gasteiger partial charge in [0.25, 0.3) is 0 Å². The number of nitriles is 1. The SMILES string of the molecule is N#C/C(=C/c1ccc(OC(F)(F)F)cc1)C(=O)c1ccc2c(c1)OCO2. The fourth-order valence-electron chi connectivity index (χ4n) is 2.27. The van der Waals surface area contributed by atoms with Crippen LogP contribution in [0.2, 0.25) is 0 Å². The molecule has 2 aromatic carbocycles. The summed E-state index contributed by atoms with van der Waals surface area (Å²) in [6.07, 6.45) is -3.51. The lowest BCUT2D eigenvalue weighted by atomic mass is 10.0. The van der Waals surface area contributed by atoms with Crippen molar-refractivity contribution in [2.24, 2.45) is 0 Å². The van der Waals surface area contributed by atoms with Crippen LogP contribution in [-0.2, 0) is 0 Å². The summed E-state index contributed by atoms with van der Waals surface area (Å²) in [6.45, 7) is 0.0558. The van der Waals surface area contributed by atoms with Gasteiger partial charge in [0.05, 0.1) is 0 Å². The number of fused-ring (bicyclic) bond motifs is 1. The minimum Gasteiger partial charge on any atom is -0.454 e. The monoisotopic (exact) mass is 361 g/mol. The first kappa shape index (κ1) is 17.4. The van der Waals surface area contributed by atoms with Gasteiger partial charge in [-0.2, -0.15) is 5.26 Å². The Morgan fingerprint density at radius 1 is 1.12 bits per heavy atom. The summed E-state index contributed by atoms with van der Waals surface area (Å²) < 4.78 is 50.6. The first-order valence-electron chi connectivity index (χ1n) is 7.28. The maximum Gasteiger partial charge on any atom is 0.573 e. The molecule has 0 aromatic heterocycles. The number of hydrogen-bond acceptors (Lipinski definition) is 5. The predicted molar refractivity (Wildman–Crippen MR) is 83.6 cm³/mol. The zero-order valence-electron chi connectivity index (χ0n) is 13.0. The molecule has 26 heavy (non-hydrogen) atoms. The molecule has 0 radical (unpaired) electrons. The quantitative estimate of drug-likeness (QED) is 0.466. The lowest BCUT2D eigenvalue weighted by Crippen LogP contribution is -2.16. The molecule has 0 N–H and O–H groups in total. The van der Waals surface area contributed by atoms with E-state index in [4.69, 9.17) is 9.47 Å². The summed E-state index contributed by atoms with van der Waals surface area (Å²) in [4.78, 5) is 12.5. The van der Waals surface area contributed by atoms with Crippen molar-refractivity contribution in [1.29, 1.82) is 5.26 Å². The summed E-state index contributed by atoms with van der Waals surface area (Å²) in [7, 11) is 0. The molecule has 0 aliphatic carbocycles. The normalized spacial score (nSPS) is 13.2. The lowest BCUT2D eigenvalue weighted by Gasteiger charge is -2.08. The number of hydrogen-bond donors (Lipinski definition) is 0. The Labute approximate surface area is 145 Å². The van der Waals surface area contributed by atoms with E-state index in [1.807, 2.05) is 0 Å². The van der Waals surface area contributed by atoms with Gasteiger partial charge in [-0.05, 0) is 42.0 Å². The fourth-order valence-corrected chi connectivity index (χ4v) is 2.27. The number of benzene rings is 2. The fraction of sp³-hybridized carbons (Fsp3) is 0.111. The maximum absolute atomic E-state index is 12.5. The third-order valence-corrected chi connectivity index (χ3v) is 3.42. The van der Waals surface area contributed by atoms with Gasteiger partial charge >= 0.3 is 6.36 Å². The smallest absolute Gasteiger partial charge is 0.454 e. The number of halogens is 3. The molecule has 0 amide bonds. The Morgan fingerprint density at radius 2 is 1.81 bits per heavy atom. The minimum atomic E-state index is -4.79. The zero-order chi connectivity index (χ0) is 18.7. The van der Waals surface area contributed by atoms with E-state index < -0.39 is 17.9 Å². The molecule has 0 bridgehead atoms. The molecule has 0 fully saturated rings. The van der Waals surface area contributed by atoms with Crippen LogP contribution in [0.1, 0.15) is 15.9 Å². The Hall–Kier alpha value is -3.47. The first-order chi connectivity index (χ1) is 12.4. The summed E-state index contributed by atoms with van der Waals surface area (Å²) in [5, 5.41) is 9.25. The molecule has 0 unspecified atom stereocenters. The average molecular weight is 361 g/mol. The second-order valence-corrected chi connectivity index (χ2v) is 5.18. The van der Waals surface area contributed by atoms with Crippen LogP contribution < -0.4 is 14.2 Å². The van der Waals surface area contributed by atoms with Crippen LogP contribution in [-0.4, -0.2) is 18.9 Å². The Bertz CT molecular complexity index is 912. The number of nitrogens with zero attached hydrogens (tertiary/aromatic N) is 1. The molecule has 0 spiro atoms. The number of ether oxygens (including phenoxy) is 3. The summed E-state index contributed by atoms with van der Waals surface area (Å²) >= 11 is 0. The van der Waals surface area contributed by atoms with Gasteiger partial charge in [0.2, 0.25) is 12.6 Å². The number of ketones is 1. The van der Waals surface area contributed by atoms with Crippen molar-refractivity contribution in [3.8, 4) is 23.3 Å². The molecule has 132 valence electrons. The van der Waals surface area contributed by atoms with Crippen molar-refractivity contribution in [2.45, 2.75) is 6.36 Å². The van der Waals surface area contributed by atoms with Crippen molar-refractivity contribution in [3.05, 3.63) is 59.2 Å². The van der Waals surface area contributed by atoms with E-state index in [0.29, 0.717) is 17.1 Å². The van der Waals surface area contributed by atoms with Crippen LogP contribution in [0.4, 0.5) is 13.2 Å². The number of carbonyl (C=O) groups excluding carboxylic acids is 1. The first-order valence-corrected chi connectivity index (χ1v) is 7.28. The van der Waals surface area contributed by atoms with Gasteiger partial charge in [0.15, 0.2) is 11.5 Å². The highest BCUT2D eigenvalue weighted by Gasteiger charge is 2.30. The van der Waals surface area contributed by atoms with Gasteiger partial charge in [-0.15, -0.1) is 13.2 Å². The Morgan fingerprint density at radius 3 is 2.46 bits per heavy atom. The van der Waals surface area contributed by atoms with Crippen molar-refractivity contribution < 1.29 is 32.2 Å². The lowest BCUT2D eigenvalue weighted by molar-refractivity contribution is -0.274. The zero-order valence-corrected chi connectivity index (χ0v) is 13.0. The third-order valence-electron chi connectivity index (χ3n) is 3.42. The number of carbonyl (C=O) groups is 1. The second kappa shape index (κ2) is 6.80. The van der Waals surface area contributed by atoms with Gasteiger partial charge in [0.1, 0.15) is 17.4 Å². The molecule has 0 atom stereocenters. The molecule has 3 rings (SSSR count). The number of alkyl halides is 3. The van der Waals surface area contributed by atoms with E-state index in [1.165, 1.54) is 30.3 Å². The van der Waals surface area contributed by atoms with Crippen molar-refractivity contribution >= 4 is 11.9 Å². The molecule has 1 aliphatic rings. The van der Waals surface area contributed by atoms with Crippen LogP contribution in [0, 0.1) is 11.3 Å². The topological polar surface area (TPSA) is 68.5 Å². The average Bonchev–Trinajstić information content (AvgIpc) is 3.07. The predicted octanol–water partition coefficient (Wildman–Crippen LogP) is 4.10. The largest absolute Gasteiger partial charge is 0.573 e. The number of rotatable bonds is 4. The van der Waals surface area contributed by atoms with Crippen molar-refractivity contribution in [3.63, 3.8) is 0 Å². The second-order valence-electron chi connectivity index (χ2n) is 5.18. The summed E-state index contributed by atoms with van der Waals surface area (Å²) in [5.41, 5.74) is 0.442. The maximum atomic E-state index is 12.5. The molecular weight excluding hydrogens is 351 g/mol. The molecule has 1 heterocycles. The van der Waals surface area contributed by atoms with Gasteiger partial charge in [0, 0.05) is 5.56 Å². The molecule has 8 heteroatoms. The van der Waals surface area contributed by atoms with Gasteiger partial charge in [-0.25, -0.2) is 0 Å². The van der Waals surface area contributed by atoms with E-state index in [9.17, 15) is 23.2 Å². The van der Waals surface area contributed by atoms with Gasteiger partial charge in [-0.1, -0.05) is 12.1 Å². The van der Waals surface area contributed by atoms with E-state index >= 15 is 0 Å². The summed E-state index contributed by atoms with van der Waals surface area (Å²) in [6, 6.07) is 11.1. The number of Topliss-reactive ketones (excluding diaryl/α,β-unsaturated/α-hetero) is 1. The third kappa shape index (κ3) is 3.95. The molecule has 0 saturated heterocycles. The van der Waals surface area contributed by atoms with E-state index in [2.05, 4.69) is 4.74 Å². The Balaban J connectivity index is 1.82. The van der Waals surface area contributed by atoms with Crippen LogP contribution in [0.25, 0.3) is 6.08 Å². The highest BCUT2D eigenvalue weighted by molar-refractivity contribution is 6.14. The van der Waals surface area contributed by atoms with Crippen molar-refractivity contribution in [2.75, 3.05) is 6.79 Å². The molecule has 2 aromatic rings. The molecule has 1 aliphatic heterocycles. The van der Waals surface area contributed by atoms with Crippen LogP contribution in [0.15, 0.2) is 48.0 Å².